The number of carbonyl (C=O) groups excluding carboxylic acids is 2. The number of sulfonamides is 1. The average molecular weight is 460 g/mol. The van der Waals surface area contributed by atoms with Gasteiger partial charge in [-0.2, -0.15) is 4.31 Å². The summed E-state index contributed by atoms with van der Waals surface area (Å²) in [5.41, 5.74) is 0.679. The zero-order chi connectivity index (χ0) is 19.9. The molecule has 150 valence electrons. The van der Waals surface area contributed by atoms with Crippen LogP contribution in [0.2, 0.25) is 0 Å². The topological polar surface area (TPSA) is 95.6 Å². The quantitative estimate of drug-likeness (QED) is 0.623. The lowest BCUT2D eigenvalue weighted by atomic mass is 10.0. The maximum absolute atomic E-state index is 12.5. The van der Waals surface area contributed by atoms with Crippen LogP contribution in [0.25, 0.3) is 0 Å². The highest BCUT2D eigenvalue weighted by atomic mass is 79.9. The summed E-state index contributed by atoms with van der Waals surface area (Å²) in [6.07, 6.45) is 2.74. The van der Waals surface area contributed by atoms with Crippen LogP contribution in [-0.2, 0) is 19.6 Å². The maximum Gasteiger partial charge on any atom is 0.238 e. The summed E-state index contributed by atoms with van der Waals surface area (Å²) in [6, 6.07) is 6.53. The third-order valence-corrected chi connectivity index (χ3v) is 6.96. The molecular formula is C18H26BrN3O4S. The lowest BCUT2D eigenvalue weighted by molar-refractivity contribution is -0.125. The first-order chi connectivity index (χ1) is 12.8. The molecule has 2 rings (SSSR count). The number of piperidine rings is 1. The highest BCUT2D eigenvalue weighted by Crippen LogP contribution is 2.21. The second kappa shape index (κ2) is 10.2. The predicted molar refractivity (Wildman–Crippen MR) is 109 cm³/mol. The molecule has 0 spiro atoms. The van der Waals surface area contributed by atoms with E-state index in [0.717, 1.165) is 17.3 Å². The van der Waals surface area contributed by atoms with Crippen LogP contribution >= 0.6 is 15.9 Å². The highest BCUT2D eigenvalue weighted by molar-refractivity contribution is 9.10. The van der Waals surface area contributed by atoms with Gasteiger partial charge in [-0.15, -0.1) is 0 Å². The minimum Gasteiger partial charge on any atom is -0.354 e. The van der Waals surface area contributed by atoms with Crippen molar-refractivity contribution in [2.45, 2.75) is 45.1 Å². The fourth-order valence-electron chi connectivity index (χ4n) is 3.05. The molecule has 1 atom stereocenters. The van der Waals surface area contributed by atoms with Crippen molar-refractivity contribution in [3.63, 3.8) is 0 Å². The van der Waals surface area contributed by atoms with Gasteiger partial charge in [0.2, 0.25) is 21.8 Å². The van der Waals surface area contributed by atoms with Crippen molar-refractivity contribution >= 4 is 43.5 Å². The Hall–Kier alpha value is -1.45. The molecule has 7 nitrogen and oxygen atoms in total. The summed E-state index contributed by atoms with van der Waals surface area (Å²) in [4.78, 5) is 24.5. The number of rotatable bonds is 8. The highest BCUT2D eigenvalue weighted by Gasteiger charge is 2.35. The standard InChI is InChI=1S/C18H26BrN3O4S/c1-2-13-27(25,26)22-12-4-3-5-16(22)18(24)20-11-10-17(23)21-15-8-6-14(19)7-9-15/h6-9,16H,2-5,10-13H2,1H3,(H,20,24)(H,21,23). The molecule has 1 fully saturated rings. The van der Waals surface area contributed by atoms with E-state index in [1.807, 2.05) is 12.1 Å². The van der Waals surface area contributed by atoms with E-state index in [4.69, 9.17) is 0 Å². The summed E-state index contributed by atoms with van der Waals surface area (Å²) in [7, 11) is -3.42. The Morgan fingerprint density at radius 3 is 2.59 bits per heavy atom. The van der Waals surface area contributed by atoms with Crippen molar-refractivity contribution in [2.75, 3.05) is 24.2 Å². The monoisotopic (exact) mass is 459 g/mol. The maximum atomic E-state index is 12.5. The predicted octanol–water partition coefficient (Wildman–Crippen LogP) is 2.49. The fraction of sp³-hybridized carbons (Fsp3) is 0.556. The average Bonchev–Trinajstić information content (AvgIpc) is 2.63. The lowest BCUT2D eigenvalue weighted by Crippen LogP contribution is -2.52. The van der Waals surface area contributed by atoms with Gasteiger partial charge in [0.25, 0.3) is 0 Å². The van der Waals surface area contributed by atoms with Crippen molar-refractivity contribution in [1.29, 1.82) is 0 Å². The van der Waals surface area contributed by atoms with E-state index in [1.165, 1.54) is 4.31 Å². The number of amides is 2. The van der Waals surface area contributed by atoms with E-state index in [1.54, 1.807) is 19.1 Å². The molecule has 2 amide bonds. The number of halogens is 1. The molecule has 1 aliphatic heterocycles. The smallest absolute Gasteiger partial charge is 0.238 e. The molecule has 27 heavy (non-hydrogen) atoms. The minimum atomic E-state index is -3.42. The van der Waals surface area contributed by atoms with Gasteiger partial charge in [0.15, 0.2) is 0 Å². The molecule has 0 saturated carbocycles. The second-order valence-corrected chi connectivity index (χ2v) is 9.49. The first-order valence-corrected chi connectivity index (χ1v) is 11.6. The van der Waals surface area contributed by atoms with Crippen molar-refractivity contribution in [3.8, 4) is 0 Å². The molecular weight excluding hydrogens is 434 g/mol. The first kappa shape index (κ1) is 21.8. The Labute approximate surface area is 169 Å². The molecule has 0 radical (unpaired) electrons. The van der Waals surface area contributed by atoms with Crippen LogP contribution in [0.1, 0.15) is 39.0 Å². The van der Waals surface area contributed by atoms with Gasteiger partial charge in [-0.1, -0.05) is 29.3 Å². The number of anilines is 1. The van der Waals surface area contributed by atoms with Crippen LogP contribution in [0.5, 0.6) is 0 Å². The van der Waals surface area contributed by atoms with Crippen LogP contribution in [0.15, 0.2) is 28.7 Å². The molecule has 0 aromatic heterocycles. The van der Waals surface area contributed by atoms with Crippen molar-refractivity contribution in [3.05, 3.63) is 28.7 Å². The van der Waals surface area contributed by atoms with Crippen LogP contribution < -0.4 is 10.6 Å². The normalized spacial score (nSPS) is 18.1. The summed E-state index contributed by atoms with van der Waals surface area (Å²) >= 11 is 3.33. The van der Waals surface area contributed by atoms with Crippen LogP contribution in [-0.4, -0.2) is 49.4 Å². The molecule has 1 heterocycles. The molecule has 1 saturated heterocycles. The fourth-order valence-corrected chi connectivity index (χ4v) is 5.06. The summed E-state index contributed by atoms with van der Waals surface area (Å²) in [5.74, 6) is -0.491. The van der Waals surface area contributed by atoms with Crippen molar-refractivity contribution in [2.24, 2.45) is 0 Å². The van der Waals surface area contributed by atoms with Crippen LogP contribution in [0, 0.1) is 0 Å². The number of nitrogens with zero attached hydrogens (tertiary/aromatic N) is 1. The van der Waals surface area contributed by atoms with E-state index < -0.39 is 16.1 Å². The molecule has 1 unspecified atom stereocenters. The first-order valence-electron chi connectivity index (χ1n) is 9.16. The molecule has 0 bridgehead atoms. The summed E-state index contributed by atoms with van der Waals surface area (Å²) in [6.45, 7) is 2.35. The van der Waals surface area contributed by atoms with E-state index in [2.05, 4.69) is 26.6 Å². The number of hydrogen-bond acceptors (Lipinski definition) is 4. The van der Waals surface area contributed by atoms with E-state index in [0.29, 0.717) is 25.1 Å². The molecule has 9 heteroatoms. The Morgan fingerprint density at radius 2 is 1.93 bits per heavy atom. The third kappa shape index (κ3) is 6.58. The number of carbonyl (C=O) groups is 2. The largest absolute Gasteiger partial charge is 0.354 e. The van der Waals surface area contributed by atoms with E-state index in [9.17, 15) is 18.0 Å². The number of benzene rings is 1. The van der Waals surface area contributed by atoms with Crippen LogP contribution in [0.3, 0.4) is 0 Å². The number of hydrogen-bond donors (Lipinski definition) is 2. The molecule has 1 aromatic rings. The second-order valence-electron chi connectivity index (χ2n) is 6.53. The SMILES string of the molecule is CCCS(=O)(=O)N1CCCCC1C(=O)NCCC(=O)Nc1ccc(Br)cc1. The Kier molecular flexibility index (Phi) is 8.25. The molecule has 0 aliphatic carbocycles. The van der Waals surface area contributed by atoms with E-state index >= 15 is 0 Å². The zero-order valence-electron chi connectivity index (χ0n) is 15.4. The van der Waals surface area contributed by atoms with Gasteiger partial charge in [0.05, 0.1) is 5.75 Å². The Bertz CT molecular complexity index is 752. The Morgan fingerprint density at radius 1 is 1.22 bits per heavy atom. The van der Waals surface area contributed by atoms with Gasteiger partial charge >= 0.3 is 0 Å². The van der Waals surface area contributed by atoms with E-state index in [-0.39, 0.29) is 30.5 Å². The summed E-state index contributed by atoms with van der Waals surface area (Å²) in [5, 5.41) is 5.46. The molecule has 1 aliphatic rings. The van der Waals surface area contributed by atoms with Gasteiger partial charge in [0.1, 0.15) is 6.04 Å². The van der Waals surface area contributed by atoms with Gasteiger partial charge in [-0.05, 0) is 43.5 Å². The van der Waals surface area contributed by atoms with Gasteiger partial charge in [0, 0.05) is 29.7 Å². The third-order valence-electron chi connectivity index (χ3n) is 4.35. The Balaban J connectivity index is 1.84. The lowest BCUT2D eigenvalue weighted by Gasteiger charge is -2.33. The zero-order valence-corrected chi connectivity index (χ0v) is 17.8. The van der Waals surface area contributed by atoms with Gasteiger partial charge < -0.3 is 10.6 Å². The number of nitrogens with one attached hydrogen (secondary N) is 2. The van der Waals surface area contributed by atoms with Crippen LogP contribution in [0.4, 0.5) is 5.69 Å². The van der Waals surface area contributed by atoms with Crippen molar-refractivity contribution in [1.82, 2.24) is 9.62 Å². The van der Waals surface area contributed by atoms with Gasteiger partial charge in [-0.3, -0.25) is 9.59 Å². The minimum absolute atomic E-state index is 0.0480. The molecule has 1 aromatic carbocycles. The summed E-state index contributed by atoms with van der Waals surface area (Å²) < 4.78 is 27.0. The van der Waals surface area contributed by atoms with Gasteiger partial charge in [-0.25, -0.2) is 8.42 Å². The molecule has 2 N–H and O–H groups in total. The van der Waals surface area contributed by atoms with Crippen molar-refractivity contribution < 1.29 is 18.0 Å².